The Kier molecular flexibility index (Phi) is 45.0. The quantitative estimate of drug-likeness (QED) is 0.0650. The molecule has 0 N–H and O–H groups in total. The van der Waals surface area contributed by atoms with Crippen LogP contribution < -0.4 is 0 Å². The summed E-state index contributed by atoms with van der Waals surface area (Å²) in [5.74, 6) is -2.05. The van der Waals surface area contributed by atoms with E-state index in [-0.39, 0.29) is 66.5 Å². The van der Waals surface area contributed by atoms with E-state index >= 15 is 0 Å². The summed E-state index contributed by atoms with van der Waals surface area (Å²) in [4.78, 5) is 87.0. The lowest BCUT2D eigenvalue weighted by Crippen LogP contribution is -2.11. The summed E-state index contributed by atoms with van der Waals surface area (Å²) in [6.07, 6.45) is -2.17. The fourth-order valence-electron chi connectivity index (χ4n) is 7.97. The number of halogens is 8. The van der Waals surface area contributed by atoms with E-state index in [9.17, 15) is 51.5 Å². The maximum atomic E-state index is 12.2. The zero-order valence-corrected chi connectivity index (χ0v) is 65.1. The van der Waals surface area contributed by atoms with Gasteiger partial charge in [-0.15, -0.1) is 0 Å². The van der Waals surface area contributed by atoms with Gasteiger partial charge in [-0.25, -0.2) is 0 Å². The van der Waals surface area contributed by atoms with E-state index in [2.05, 4.69) is 93.7 Å². The van der Waals surface area contributed by atoms with Crippen molar-refractivity contribution in [3.8, 4) is 0 Å². The smallest absolute Gasteiger partial charge is 0.416 e. The van der Waals surface area contributed by atoms with E-state index in [1.54, 1.807) is 60.7 Å². The predicted octanol–water partition coefficient (Wildman–Crippen LogP) is 17.8. The largest absolute Gasteiger partial charge is 0.469 e. The molecule has 560 valence electrons. The maximum Gasteiger partial charge on any atom is 0.416 e. The summed E-state index contributed by atoms with van der Waals surface area (Å²) in [5, 5.41) is 2.23. The Morgan fingerprint density at radius 1 is 0.317 bits per heavy atom. The molecule has 0 spiro atoms. The molecule has 0 aliphatic carbocycles. The van der Waals surface area contributed by atoms with Crippen molar-refractivity contribution >= 4 is 110 Å². The van der Waals surface area contributed by atoms with E-state index in [4.69, 9.17) is 46.4 Å². The molecule has 0 aliphatic heterocycles. The zero-order valence-electron chi connectivity index (χ0n) is 60.5. The lowest BCUT2D eigenvalue weighted by molar-refractivity contribution is -0.140. The SMILES string of the molecule is COC(=O)Cc1ccc(Br)cc1.COC(=O)Cc1ccc(C(C)(C)C)cc1.COC(=O)Cc1ccc(C(F)(F)F)cc1.COC(=O)Cc1ccc(C)c(C)c1.COC(=O)Cc1ccc(C)cc1.COC(=O)Cc1ccc(Cl)c(Cl)c1.COC(=O)Cc1ccc(Cl)cc1.COC(=O)Cc1cccc(Cl)c1. The minimum atomic E-state index is -4.34. The predicted molar refractivity (Wildman–Crippen MR) is 403 cm³/mol. The fourth-order valence-corrected chi connectivity index (χ4v) is 8.89. The molecule has 0 bridgehead atoms. The molecule has 0 saturated heterocycles. The minimum Gasteiger partial charge on any atom is -0.469 e. The fraction of sp³-hybridized carbons (Fsp3) is 0.300. The van der Waals surface area contributed by atoms with E-state index in [1.165, 1.54) is 91.3 Å². The van der Waals surface area contributed by atoms with Crippen LogP contribution in [-0.2, 0) is 139 Å². The van der Waals surface area contributed by atoms with Crippen molar-refractivity contribution in [1.82, 2.24) is 0 Å². The van der Waals surface area contributed by atoms with Crippen LogP contribution in [0.25, 0.3) is 0 Å². The molecule has 0 fully saturated rings. The Hall–Kier alpha value is -9.05. The van der Waals surface area contributed by atoms with Crippen molar-refractivity contribution in [2.45, 2.75) is 105 Å². The van der Waals surface area contributed by atoms with Crippen molar-refractivity contribution in [3.05, 3.63) is 279 Å². The third-order valence-electron chi connectivity index (χ3n) is 14.1. The highest BCUT2D eigenvalue weighted by molar-refractivity contribution is 9.10. The maximum absolute atomic E-state index is 12.2. The van der Waals surface area contributed by atoms with E-state index < -0.39 is 17.7 Å². The summed E-state index contributed by atoms with van der Waals surface area (Å²) in [5.41, 5.74) is 11.4. The number of rotatable bonds is 16. The first-order chi connectivity index (χ1) is 49.0. The van der Waals surface area contributed by atoms with Crippen LogP contribution in [0, 0.1) is 20.8 Å². The second-order valence-electron chi connectivity index (χ2n) is 23.2. The molecule has 0 aliphatic rings. The molecule has 24 heteroatoms. The van der Waals surface area contributed by atoms with Crippen LogP contribution in [-0.4, -0.2) is 105 Å². The van der Waals surface area contributed by atoms with Crippen molar-refractivity contribution in [3.63, 3.8) is 0 Å². The first-order valence-corrected chi connectivity index (χ1v) is 33.9. The molecule has 0 saturated carbocycles. The number of methoxy groups -OCH3 is 8. The lowest BCUT2D eigenvalue weighted by Gasteiger charge is -2.18. The van der Waals surface area contributed by atoms with Crippen LogP contribution >= 0.6 is 62.3 Å². The highest BCUT2D eigenvalue weighted by atomic mass is 79.9. The van der Waals surface area contributed by atoms with Crippen LogP contribution in [0.2, 0.25) is 20.1 Å². The highest BCUT2D eigenvalue weighted by Crippen LogP contribution is 2.29. The Labute approximate surface area is 635 Å². The van der Waals surface area contributed by atoms with Gasteiger partial charge >= 0.3 is 53.9 Å². The zero-order chi connectivity index (χ0) is 78.5. The molecular weight excluding hydrogens is 1500 g/mol. The second kappa shape index (κ2) is 50.4. The average Bonchev–Trinajstić information content (AvgIpc) is 0.867. The molecule has 0 radical (unpaired) electrons. The van der Waals surface area contributed by atoms with Crippen LogP contribution in [0.4, 0.5) is 13.2 Å². The van der Waals surface area contributed by atoms with Crippen molar-refractivity contribution in [1.29, 1.82) is 0 Å². The number of carbonyl (C=O) groups is 8. The number of carbonyl (C=O) groups excluding carboxylic acids is 8. The van der Waals surface area contributed by atoms with E-state index in [0.717, 1.165) is 55.5 Å². The van der Waals surface area contributed by atoms with Gasteiger partial charge in [-0.2, -0.15) is 13.2 Å². The lowest BCUT2D eigenvalue weighted by atomic mass is 9.86. The number of alkyl halides is 3. The summed E-state index contributed by atoms with van der Waals surface area (Å²) < 4.78 is 73.7. The van der Waals surface area contributed by atoms with Gasteiger partial charge in [0.2, 0.25) is 0 Å². The monoisotopic (exact) mass is 1580 g/mol. The minimum absolute atomic E-state index is 0.0192. The first kappa shape index (κ1) is 93.0. The van der Waals surface area contributed by atoms with Gasteiger partial charge in [-0.05, 0) is 148 Å². The average molecular weight is 1580 g/mol. The van der Waals surface area contributed by atoms with Crippen LogP contribution in [0.5, 0.6) is 0 Å². The van der Waals surface area contributed by atoms with Gasteiger partial charge in [-0.3, -0.25) is 38.4 Å². The number of benzene rings is 8. The summed E-state index contributed by atoms with van der Waals surface area (Å²) >= 11 is 26.2. The van der Waals surface area contributed by atoms with Gasteiger partial charge in [-0.1, -0.05) is 210 Å². The third-order valence-corrected chi connectivity index (χ3v) is 15.9. The van der Waals surface area contributed by atoms with E-state index in [0.29, 0.717) is 57.8 Å². The van der Waals surface area contributed by atoms with Gasteiger partial charge in [0.1, 0.15) is 0 Å². The second-order valence-corrected chi connectivity index (χ2v) is 25.8. The van der Waals surface area contributed by atoms with Gasteiger partial charge in [0.25, 0.3) is 0 Å². The number of aryl methyl sites for hydroxylation is 3. The number of ether oxygens (including phenoxy) is 8. The Balaban J connectivity index is 0.000000595. The summed E-state index contributed by atoms with van der Waals surface area (Å²) in [6.45, 7) is 12.6. The summed E-state index contributed by atoms with van der Waals surface area (Å²) in [6, 6.07) is 53.3. The van der Waals surface area contributed by atoms with Gasteiger partial charge in [0.15, 0.2) is 0 Å². The normalized spacial score (nSPS) is 10.1. The van der Waals surface area contributed by atoms with Crippen molar-refractivity contribution in [2.75, 3.05) is 56.9 Å². The molecule has 16 nitrogen and oxygen atoms in total. The summed E-state index contributed by atoms with van der Waals surface area (Å²) in [7, 11) is 10.9. The Morgan fingerprint density at radius 2 is 0.606 bits per heavy atom. The molecule has 8 aromatic carbocycles. The van der Waals surface area contributed by atoms with Crippen molar-refractivity contribution in [2.24, 2.45) is 0 Å². The van der Waals surface area contributed by atoms with Gasteiger partial charge in [0.05, 0.1) is 124 Å². The molecule has 104 heavy (non-hydrogen) atoms. The van der Waals surface area contributed by atoms with Crippen LogP contribution in [0.3, 0.4) is 0 Å². The molecule has 0 amide bonds. The molecule has 8 aromatic rings. The Morgan fingerprint density at radius 3 is 0.923 bits per heavy atom. The number of esters is 8. The molecule has 0 heterocycles. The van der Waals surface area contributed by atoms with Gasteiger partial charge in [0, 0.05) is 14.5 Å². The standard InChI is InChI=1S/C13H18O2.C11H14O2.C10H9F3O2.C10H12O2.C9H9BrO2.C9H8Cl2O2.2C9H9ClO2/c1-13(2,3)11-7-5-10(6-8-11)9-12(14)15-4;1-8-4-5-10(6-9(8)2)7-11(12)13-3;1-15-9(14)6-7-2-4-8(5-3-7)10(11,12)13;1-8-3-5-9(6-4-8)7-10(11)12-2;1-12-9(11)6-7-2-4-8(10)5-3-7;1-13-9(12)5-6-2-3-7(10)8(11)4-6;1-12-9(11)6-7-2-4-8(10)5-3-7;1-12-9(11)6-7-3-2-4-8(10)5-7/h5-8H,9H2,1-4H3;4-6H,7H2,1-3H3;2-5H,6H2,1H3;3-6H,7H2,1-2H3;2-5H,6H2,1H3;2-4H,5H2,1H3;2*2-5H,6H2,1H3. The molecule has 0 aromatic heterocycles. The van der Waals surface area contributed by atoms with Crippen molar-refractivity contribution < 1.29 is 89.4 Å². The number of hydrogen-bond acceptors (Lipinski definition) is 16. The Bertz CT molecular complexity index is 3660. The highest BCUT2D eigenvalue weighted by Gasteiger charge is 2.30. The van der Waals surface area contributed by atoms with E-state index in [1.807, 2.05) is 98.8 Å². The molecule has 0 unspecified atom stereocenters. The molecule has 8 rings (SSSR count). The van der Waals surface area contributed by atoms with Crippen LogP contribution in [0.1, 0.15) is 93.1 Å². The van der Waals surface area contributed by atoms with Crippen LogP contribution in [0.15, 0.2) is 186 Å². The molecular formula is C80H88BrCl4F3O16. The topological polar surface area (TPSA) is 210 Å². The molecule has 0 atom stereocenters. The first-order valence-electron chi connectivity index (χ1n) is 31.6. The third kappa shape index (κ3) is 41.9. The van der Waals surface area contributed by atoms with Gasteiger partial charge < -0.3 is 37.9 Å². The number of hydrogen-bond donors (Lipinski definition) is 0.